The van der Waals surface area contributed by atoms with Gasteiger partial charge in [-0.25, -0.2) is 9.18 Å². The largest absolute Gasteiger partial charge is 0.444 e. The number of hydrogen-bond acceptors (Lipinski definition) is 4. The van der Waals surface area contributed by atoms with Gasteiger partial charge in [-0.15, -0.1) is 0 Å². The van der Waals surface area contributed by atoms with Crippen LogP contribution in [0.25, 0.3) is 0 Å². The van der Waals surface area contributed by atoms with Gasteiger partial charge in [0.05, 0.1) is 0 Å². The van der Waals surface area contributed by atoms with Gasteiger partial charge in [-0.1, -0.05) is 12.1 Å². The van der Waals surface area contributed by atoms with Crippen LogP contribution in [-0.4, -0.2) is 72.2 Å². The summed E-state index contributed by atoms with van der Waals surface area (Å²) < 4.78 is 18.8. The predicted molar refractivity (Wildman–Crippen MR) is 104 cm³/mol. The van der Waals surface area contributed by atoms with Gasteiger partial charge in [0.25, 0.3) is 0 Å². The van der Waals surface area contributed by atoms with Crippen molar-refractivity contribution < 1.29 is 13.9 Å². The molecule has 0 saturated carbocycles. The topological polar surface area (TPSA) is 36.0 Å². The number of likely N-dealkylation sites (N-methyl/N-ethyl adjacent to an activating group) is 1. The molecule has 0 spiro atoms. The summed E-state index contributed by atoms with van der Waals surface area (Å²) in [7, 11) is 2.14. The number of piperidine rings is 1. The molecular formula is C21H32FN3O2. The van der Waals surface area contributed by atoms with E-state index in [-0.39, 0.29) is 18.0 Å². The molecule has 2 fully saturated rings. The Morgan fingerprint density at radius 3 is 2.30 bits per heavy atom. The van der Waals surface area contributed by atoms with E-state index in [1.54, 1.807) is 12.1 Å². The molecule has 0 bridgehead atoms. The van der Waals surface area contributed by atoms with E-state index in [1.807, 2.05) is 37.8 Å². The highest BCUT2D eigenvalue weighted by Crippen LogP contribution is 2.31. The van der Waals surface area contributed by atoms with E-state index in [2.05, 4.69) is 16.8 Å². The number of halogens is 1. The molecule has 2 aliphatic rings. The summed E-state index contributed by atoms with van der Waals surface area (Å²) in [6, 6.07) is 7.61. The molecule has 27 heavy (non-hydrogen) atoms. The zero-order chi connectivity index (χ0) is 19.6. The lowest BCUT2D eigenvalue weighted by atomic mass is 9.96. The van der Waals surface area contributed by atoms with Gasteiger partial charge < -0.3 is 14.5 Å². The number of nitrogens with zero attached hydrogens (tertiary/aromatic N) is 3. The van der Waals surface area contributed by atoms with Crippen LogP contribution < -0.4 is 0 Å². The first-order chi connectivity index (χ1) is 12.7. The number of rotatable bonds is 2. The van der Waals surface area contributed by atoms with Crippen LogP contribution in [0, 0.1) is 5.82 Å². The number of piperazine rings is 1. The van der Waals surface area contributed by atoms with E-state index in [9.17, 15) is 9.18 Å². The number of ether oxygens (including phenoxy) is 1. The van der Waals surface area contributed by atoms with Crippen LogP contribution in [0.4, 0.5) is 9.18 Å². The molecule has 3 rings (SSSR count). The summed E-state index contributed by atoms with van der Waals surface area (Å²) in [5.74, 6) is -0.194. The number of carbonyl (C=O) groups excluding carboxylic acids is 1. The standard InChI is InChI=1S/C21H32FN3O2/c1-21(2,3)27-20(26)24-11-9-18(10-12-24)25-14-13-23(4)15-19(25)16-5-7-17(22)8-6-16/h5-8,18-19H,9-15H2,1-4H3. The number of carbonyl (C=O) groups is 1. The van der Waals surface area contributed by atoms with Crippen LogP contribution in [0.15, 0.2) is 24.3 Å². The second-order valence-electron chi connectivity index (χ2n) is 8.77. The SMILES string of the molecule is CN1CCN(C2CCN(C(=O)OC(C)(C)C)CC2)C(c2ccc(F)cc2)C1. The van der Waals surface area contributed by atoms with Crippen molar-refractivity contribution in [2.75, 3.05) is 39.8 Å². The summed E-state index contributed by atoms with van der Waals surface area (Å²) in [5.41, 5.74) is 0.705. The van der Waals surface area contributed by atoms with Gasteiger partial charge in [0.1, 0.15) is 11.4 Å². The van der Waals surface area contributed by atoms with Crippen molar-refractivity contribution in [3.63, 3.8) is 0 Å². The van der Waals surface area contributed by atoms with Gasteiger partial charge in [0, 0.05) is 44.8 Å². The molecule has 2 heterocycles. The zero-order valence-corrected chi connectivity index (χ0v) is 16.9. The molecule has 0 N–H and O–H groups in total. The minimum Gasteiger partial charge on any atom is -0.444 e. The van der Waals surface area contributed by atoms with E-state index >= 15 is 0 Å². The average Bonchev–Trinajstić information content (AvgIpc) is 2.61. The van der Waals surface area contributed by atoms with Gasteiger partial charge in [0.2, 0.25) is 0 Å². The molecule has 2 saturated heterocycles. The van der Waals surface area contributed by atoms with Gasteiger partial charge in [0.15, 0.2) is 0 Å². The van der Waals surface area contributed by atoms with Crippen molar-refractivity contribution in [1.29, 1.82) is 0 Å². The summed E-state index contributed by atoms with van der Waals surface area (Å²) in [4.78, 5) is 19.0. The van der Waals surface area contributed by atoms with E-state index < -0.39 is 5.60 Å². The molecule has 150 valence electrons. The first-order valence-electron chi connectivity index (χ1n) is 9.90. The Balaban J connectivity index is 1.64. The van der Waals surface area contributed by atoms with E-state index in [0.29, 0.717) is 6.04 Å². The van der Waals surface area contributed by atoms with Gasteiger partial charge in [-0.3, -0.25) is 4.90 Å². The fourth-order valence-electron chi connectivity index (χ4n) is 4.06. The Hall–Kier alpha value is -1.66. The third-order valence-corrected chi connectivity index (χ3v) is 5.46. The molecule has 0 aromatic heterocycles. The summed E-state index contributed by atoms with van der Waals surface area (Å²) in [5, 5.41) is 0. The number of hydrogen-bond donors (Lipinski definition) is 0. The van der Waals surface area contributed by atoms with Crippen molar-refractivity contribution >= 4 is 6.09 Å². The minimum absolute atomic E-state index is 0.194. The second-order valence-corrected chi connectivity index (χ2v) is 8.77. The molecular weight excluding hydrogens is 345 g/mol. The second kappa shape index (κ2) is 8.15. The molecule has 1 unspecified atom stereocenters. The zero-order valence-electron chi connectivity index (χ0n) is 16.9. The highest BCUT2D eigenvalue weighted by molar-refractivity contribution is 5.68. The number of amides is 1. The number of likely N-dealkylation sites (tertiary alicyclic amines) is 1. The average molecular weight is 378 g/mol. The highest BCUT2D eigenvalue weighted by atomic mass is 19.1. The maximum absolute atomic E-state index is 13.3. The monoisotopic (exact) mass is 377 g/mol. The summed E-state index contributed by atoms with van der Waals surface area (Å²) in [6.07, 6.45) is 1.68. The van der Waals surface area contributed by atoms with Crippen molar-refractivity contribution in [2.45, 2.75) is 51.3 Å². The van der Waals surface area contributed by atoms with E-state index in [1.165, 1.54) is 0 Å². The lowest BCUT2D eigenvalue weighted by molar-refractivity contribution is -0.000380. The quantitative estimate of drug-likeness (QED) is 0.790. The molecule has 5 nitrogen and oxygen atoms in total. The van der Waals surface area contributed by atoms with Crippen molar-refractivity contribution in [2.24, 2.45) is 0 Å². The maximum Gasteiger partial charge on any atom is 0.410 e. The molecule has 0 aliphatic carbocycles. The smallest absolute Gasteiger partial charge is 0.410 e. The van der Waals surface area contributed by atoms with Crippen LogP contribution in [0.3, 0.4) is 0 Å². The lowest BCUT2D eigenvalue weighted by Crippen LogP contribution is -2.54. The maximum atomic E-state index is 13.3. The predicted octanol–water partition coefficient (Wildman–Crippen LogP) is 3.51. The van der Waals surface area contributed by atoms with E-state index in [0.717, 1.165) is 51.1 Å². The number of benzene rings is 1. The van der Waals surface area contributed by atoms with Crippen molar-refractivity contribution in [3.8, 4) is 0 Å². The lowest BCUT2D eigenvalue weighted by Gasteiger charge is -2.47. The van der Waals surface area contributed by atoms with Gasteiger partial charge in [-0.05, 0) is 58.4 Å². The minimum atomic E-state index is -0.459. The molecule has 2 aliphatic heterocycles. The van der Waals surface area contributed by atoms with Crippen LogP contribution in [0.1, 0.15) is 45.2 Å². The Morgan fingerprint density at radius 1 is 1.07 bits per heavy atom. The Bertz CT molecular complexity index is 636. The van der Waals surface area contributed by atoms with E-state index in [4.69, 9.17) is 4.74 Å². The van der Waals surface area contributed by atoms with Crippen LogP contribution in [0.5, 0.6) is 0 Å². The summed E-state index contributed by atoms with van der Waals surface area (Å²) >= 11 is 0. The fourth-order valence-corrected chi connectivity index (χ4v) is 4.06. The van der Waals surface area contributed by atoms with Crippen LogP contribution in [-0.2, 0) is 4.74 Å². The van der Waals surface area contributed by atoms with Crippen LogP contribution in [0.2, 0.25) is 0 Å². The molecule has 0 radical (unpaired) electrons. The third kappa shape index (κ3) is 5.20. The normalized spacial score (nSPS) is 23.4. The Morgan fingerprint density at radius 2 is 1.70 bits per heavy atom. The van der Waals surface area contributed by atoms with Crippen molar-refractivity contribution in [3.05, 3.63) is 35.6 Å². The molecule has 1 aromatic carbocycles. The fraction of sp³-hybridized carbons (Fsp3) is 0.667. The molecule has 1 atom stereocenters. The van der Waals surface area contributed by atoms with Gasteiger partial charge >= 0.3 is 6.09 Å². The van der Waals surface area contributed by atoms with Crippen LogP contribution >= 0.6 is 0 Å². The Labute approximate surface area is 162 Å². The first-order valence-corrected chi connectivity index (χ1v) is 9.90. The molecule has 1 amide bonds. The highest BCUT2D eigenvalue weighted by Gasteiger charge is 2.35. The first kappa shape index (κ1) is 20.1. The van der Waals surface area contributed by atoms with Crippen molar-refractivity contribution in [1.82, 2.24) is 14.7 Å². The molecule has 1 aromatic rings. The van der Waals surface area contributed by atoms with Gasteiger partial charge in [-0.2, -0.15) is 0 Å². The summed E-state index contributed by atoms with van der Waals surface area (Å²) in [6.45, 7) is 10.1. The molecule has 6 heteroatoms. The Kier molecular flexibility index (Phi) is 6.06. The third-order valence-electron chi connectivity index (χ3n) is 5.46.